The minimum absolute atomic E-state index is 0.0355. The molecule has 0 amide bonds. The summed E-state index contributed by atoms with van der Waals surface area (Å²) in [6.07, 6.45) is -0.803. The number of aromatic nitrogens is 2. The third-order valence-corrected chi connectivity index (χ3v) is 3.87. The van der Waals surface area contributed by atoms with Crippen molar-refractivity contribution in [2.75, 3.05) is 7.11 Å². The first-order valence-electron chi connectivity index (χ1n) is 7.62. The summed E-state index contributed by atoms with van der Waals surface area (Å²) in [4.78, 5) is 12.2. The Kier molecular flexibility index (Phi) is 5.18. The number of hydrogen-bond acceptors (Lipinski definition) is 6. The van der Waals surface area contributed by atoms with E-state index in [0.29, 0.717) is 11.3 Å². The topological polar surface area (TPSA) is 74.5 Å². The Bertz CT molecular complexity index is 927. The molecule has 3 rings (SSSR count). The fourth-order valence-electron chi connectivity index (χ4n) is 2.18. The molecule has 0 saturated carbocycles. The molecule has 0 bridgehead atoms. The van der Waals surface area contributed by atoms with Crippen molar-refractivity contribution in [2.45, 2.75) is 13.0 Å². The van der Waals surface area contributed by atoms with Crippen molar-refractivity contribution in [3.63, 3.8) is 0 Å². The maximum Gasteiger partial charge on any atom is 0.340 e. The fourth-order valence-corrected chi connectivity index (χ4v) is 2.42. The van der Waals surface area contributed by atoms with Gasteiger partial charge in [0.1, 0.15) is 11.6 Å². The van der Waals surface area contributed by atoms with Gasteiger partial charge in [-0.25, -0.2) is 9.18 Å². The largest absolute Gasteiger partial charge is 0.497 e. The molecule has 0 aliphatic carbocycles. The first-order chi connectivity index (χ1) is 12.5. The number of halogens is 2. The Balaban J connectivity index is 1.73. The number of carbonyl (C=O) groups is 1. The molecule has 0 unspecified atom stereocenters. The van der Waals surface area contributed by atoms with Crippen LogP contribution in [0.3, 0.4) is 0 Å². The van der Waals surface area contributed by atoms with Gasteiger partial charge in [0, 0.05) is 5.56 Å². The van der Waals surface area contributed by atoms with Gasteiger partial charge >= 0.3 is 5.97 Å². The van der Waals surface area contributed by atoms with Crippen LogP contribution in [0.1, 0.15) is 29.3 Å². The standard InChI is InChI=1S/C18H14ClFN2O4/c1-10(25-18(23)14-8-5-12(20)9-15(14)19)16-21-22-17(26-16)11-3-6-13(24-2)7-4-11/h3-10H,1-2H3/t10-/m0/s1. The lowest BCUT2D eigenvalue weighted by molar-refractivity contribution is 0.0280. The van der Waals surface area contributed by atoms with Crippen LogP contribution in [0.4, 0.5) is 4.39 Å². The summed E-state index contributed by atoms with van der Waals surface area (Å²) in [6, 6.07) is 10.5. The summed E-state index contributed by atoms with van der Waals surface area (Å²) < 4.78 is 29.0. The fraction of sp³-hybridized carbons (Fsp3) is 0.167. The van der Waals surface area contributed by atoms with Gasteiger partial charge in [0.25, 0.3) is 5.89 Å². The number of nitrogens with zero attached hydrogens (tertiary/aromatic N) is 2. The maximum atomic E-state index is 13.1. The molecule has 0 fully saturated rings. The van der Waals surface area contributed by atoms with Gasteiger partial charge in [-0.15, -0.1) is 10.2 Å². The van der Waals surface area contributed by atoms with Crippen LogP contribution in [-0.4, -0.2) is 23.3 Å². The van der Waals surface area contributed by atoms with E-state index in [0.717, 1.165) is 12.1 Å². The molecule has 1 atom stereocenters. The van der Waals surface area contributed by atoms with Gasteiger partial charge in [-0.3, -0.25) is 0 Å². The molecule has 0 saturated heterocycles. The average molecular weight is 377 g/mol. The van der Waals surface area contributed by atoms with Gasteiger partial charge in [0.15, 0.2) is 6.10 Å². The Morgan fingerprint density at radius 1 is 1.19 bits per heavy atom. The number of ether oxygens (including phenoxy) is 2. The molecule has 6 nitrogen and oxygen atoms in total. The van der Waals surface area contributed by atoms with E-state index in [1.807, 2.05) is 0 Å². The van der Waals surface area contributed by atoms with Gasteiger partial charge in [0.05, 0.1) is 17.7 Å². The first kappa shape index (κ1) is 17.9. The van der Waals surface area contributed by atoms with Crippen LogP contribution in [-0.2, 0) is 4.74 Å². The van der Waals surface area contributed by atoms with Gasteiger partial charge < -0.3 is 13.9 Å². The molecule has 26 heavy (non-hydrogen) atoms. The van der Waals surface area contributed by atoms with E-state index in [1.54, 1.807) is 38.3 Å². The van der Waals surface area contributed by atoms with E-state index in [2.05, 4.69) is 10.2 Å². The molecule has 0 aliphatic heterocycles. The van der Waals surface area contributed by atoms with Crippen molar-refractivity contribution in [3.8, 4) is 17.2 Å². The van der Waals surface area contributed by atoms with E-state index >= 15 is 0 Å². The summed E-state index contributed by atoms with van der Waals surface area (Å²) in [7, 11) is 1.57. The lowest BCUT2D eigenvalue weighted by Gasteiger charge is -2.10. The molecule has 0 N–H and O–H groups in total. The number of benzene rings is 2. The summed E-state index contributed by atoms with van der Waals surface area (Å²) in [5.41, 5.74) is 0.750. The molecule has 3 aromatic rings. The number of methoxy groups -OCH3 is 1. The lowest BCUT2D eigenvalue weighted by atomic mass is 10.2. The normalized spacial score (nSPS) is 11.8. The Morgan fingerprint density at radius 3 is 2.58 bits per heavy atom. The van der Waals surface area contributed by atoms with Crippen molar-refractivity contribution in [3.05, 3.63) is 64.8 Å². The molecular formula is C18H14ClFN2O4. The summed E-state index contributed by atoms with van der Waals surface area (Å²) in [6.45, 7) is 1.58. The Hall–Kier alpha value is -2.93. The minimum atomic E-state index is -0.803. The van der Waals surface area contributed by atoms with Crippen LogP contribution < -0.4 is 4.74 Å². The number of hydrogen-bond donors (Lipinski definition) is 0. The minimum Gasteiger partial charge on any atom is -0.497 e. The Labute approximate surface area is 153 Å². The SMILES string of the molecule is COc1ccc(-c2nnc([C@H](C)OC(=O)c3ccc(F)cc3Cl)o2)cc1. The highest BCUT2D eigenvalue weighted by molar-refractivity contribution is 6.33. The predicted molar refractivity (Wildman–Crippen MR) is 91.5 cm³/mol. The smallest absolute Gasteiger partial charge is 0.340 e. The number of carbonyl (C=O) groups excluding carboxylic acids is 1. The van der Waals surface area contributed by atoms with Crippen LogP contribution >= 0.6 is 11.6 Å². The predicted octanol–water partition coefficient (Wildman–Crippen LogP) is 4.46. The van der Waals surface area contributed by atoms with Crippen molar-refractivity contribution in [1.29, 1.82) is 0 Å². The average Bonchev–Trinajstić information content (AvgIpc) is 3.12. The van der Waals surface area contributed by atoms with E-state index in [-0.39, 0.29) is 22.4 Å². The van der Waals surface area contributed by atoms with Gasteiger partial charge in [-0.2, -0.15) is 0 Å². The molecule has 0 aliphatic rings. The molecule has 134 valence electrons. The molecule has 8 heteroatoms. The van der Waals surface area contributed by atoms with Crippen LogP contribution in [0.2, 0.25) is 5.02 Å². The number of esters is 1. The van der Waals surface area contributed by atoms with Crippen LogP contribution in [0, 0.1) is 5.82 Å². The first-order valence-corrected chi connectivity index (χ1v) is 7.99. The van der Waals surface area contributed by atoms with E-state index in [4.69, 9.17) is 25.5 Å². The molecule has 1 aromatic heterocycles. The van der Waals surface area contributed by atoms with Crippen LogP contribution in [0.25, 0.3) is 11.5 Å². The van der Waals surface area contributed by atoms with Crippen LogP contribution in [0.15, 0.2) is 46.9 Å². The second kappa shape index (κ2) is 7.53. The quantitative estimate of drug-likeness (QED) is 0.612. The summed E-state index contributed by atoms with van der Waals surface area (Å²) >= 11 is 5.86. The van der Waals surface area contributed by atoms with Crippen molar-refractivity contribution in [2.24, 2.45) is 0 Å². The highest BCUT2D eigenvalue weighted by atomic mass is 35.5. The van der Waals surface area contributed by atoms with Gasteiger partial charge in [-0.1, -0.05) is 11.6 Å². The van der Waals surface area contributed by atoms with Crippen molar-refractivity contribution < 1.29 is 23.1 Å². The Morgan fingerprint density at radius 2 is 1.92 bits per heavy atom. The summed E-state index contributed by atoms with van der Waals surface area (Å²) in [5, 5.41) is 7.81. The monoisotopic (exact) mass is 376 g/mol. The van der Waals surface area contributed by atoms with Gasteiger partial charge in [0.2, 0.25) is 5.89 Å². The molecule has 0 radical (unpaired) electrons. The van der Waals surface area contributed by atoms with E-state index < -0.39 is 17.9 Å². The maximum absolute atomic E-state index is 13.1. The van der Waals surface area contributed by atoms with E-state index in [9.17, 15) is 9.18 Å². The molecular weight excluding hydrogens is 363 g/mol. The third kappa shape index (κ3) is 3.83. The second-order valence-corrected chi connectivity index (χ2v) is 5.75. The van der Waals surface area contributed by atoms with Crippen molar-refractivity contribution in [1.82, 2.24) is 10.2 Å². The van der Waals surface area contributed by atoms with Crippen molar-refractivity contribution >= 4 is 17.6 Å². The highest BCUT2D eigenvalue weighted by Gasteiger charge is 2.21. The zero-order chi connectivity index (χ0) is 18.7. The molecule has 0 spiro atoms. The zero-order valence-corrected chi connectivity index (χ0v) is 14.7. The zero-order valence-electron chi connectivity index (χ0n) is 13.9. The highest BCUT2D eigenvalue weighted by Crippen LogP contribution is 2.26. The van der Waals surface area contributed by atoms with Gasteiger partial charge in [-0.05, 0) is 49.4 Å². The summed E-state index contributed by atoms with van der Waals surface area (Å²) in [5.74, 6) is -0.146. The van der Waals surface area contributed by atoms with E-state index in [1.165, 1.54) is 6.07 Å². The third-order valence-electron chi connectivity index (χ3n) is 3.56. The molecule has 1 heterocycles. The lowest BCUT2D eigenvalue weighted by Crippen LogP contribution is -2.10. The molecule has 2 aromatic carbocycles. The second-order valence-electron chi connectivity index (χ2n) is 5.35. The van der Waals surface area contributed by atoms with Crippen LogP contribution in [0.5, 0.6) is 5.75 Å². The number of rotatable bonds is 5.